The topological polar surface area (TPSA) is 75.8 Å². The Hall–Kier alpha value is -2.08. The number of anilines is 1. The largest absolute Gasteiger partial charge is 0.497 e. The molecule has 0 fully saturated rings. The summed E-state index contributed by atoms with van der Waals surface area (Å²) in [4.78, 5) is 12.2. The second kappa shape index (κ2) is 6.61. The lowest BCUT2D eigenvalue weighted by Crippen LogP contribution is -2.27. The third kappa shape index (κ3) is 3.21. The first kappa shape index (κ1) is 14.0. The fourth-order valence-corrected chi connectivity index (χ4v) is 1.62. The minimum absolute atomic E-state index is 0.0221. The molecule has 0 spiro atoms. The molecule has 0 aliphatic heterocycles. The van der Waals surface area contributed by atoms with Gasteiger partial charge in [0.05, 0.1) is 18.6 Å². The molecule has 0 unspecified atom stereocenters. The first-order chi connectivity index (χ1) is 8.63. The van der Waals surface area contributed by atoms with Crippen molar-refractivity contribution in [2.75, 3.05) is 31.7 Å². The summed E-state index contributed by atoms with van der Waals surface area (Å²) in [5, 5.41) is 20.0. The number of ether oxygens (including phenoxy) is 1. The van der Waals surface area contributed by atoms with Crippen molar-refractivity contribution in [1.29, 1.82) is 0 Å². The molecule has 0 aliphatic rings. The van der Waals surface area contributed by atoms with Crippen molar-refractivity contribution in [2.24, 2.45) is 0 Å². The third-order valence-corrected chi connectivity index (χ3v) is 2.44. The summed E-state index contributed by atoms with van der Waals surface area (Å²) in [6.07, 6.45) is 1.62. The van der Waals surface area contributed by atoms with Gasteiger partial charge in [0.1, 0.15) is 11.4 Å². The molecule has 0 amide bonds. The highest BCUT2D eigenvalue weighted by Gasteiger charge is 2.19. The van der Waals surface area contributed by atoms with E-state index in [0.29, 0.717) is 24.5 Å². The number of benzene rings is 1. The van der Waals surface area contributed by atoms with E-state index in [2.05, 4.69) is 6.58 Å². The molecule has 0 aliphatic carbocycles. The van der Waals surface area contributed by atoms with Crippen LogP contribution in [0.25, 0.3) is 0 Å². The van der Waals surface area contributed by atoms with E-state index in [4.69, 9.17) is 9.84 Å². The first-order valence-electron chi connectivity index (χ1n) is 5.43. The smallest absolute Gasteiger partial charge is 0.292 e. The summed E-state index contributed by atoms with van der Waals surface area (Å²) in [5.41, 5.74) is 0.388. The maximum atomic E-state index is 11.0. The number of rotatable bonds is 7. The van der Waals surface area contributed by atoms with Crippen molar-refractivity contribution in [3.05, 3.63) is 41.0 Å². The van der Waals surface area contributed by atoms with Gasteiger partial charge in [-0.1, -0.05) is 6.08 Å². The van der Waals surface area contributed by atoms with Gasteiger partial charge in [-0.25, -0.2) is 0 Å². The van der Waals surface area contributed by atoms with Crippen LogP contribution in [-0.4, -0.2) is 36.8 Å². The van der Waals surface area contributed by atoms with Crippen molar-refractivity contribution < 1.29 is 14.8 Å². The van der Waals surface area contributed by atoms with Crippen molar-refractivity contribution >= 4 is 11.4 Å². The van der Waals surface area contributed by atoms with E-state index in [1.54, 1.807) is 17.0 Å². The van der Waals surface area contributed by atoms with Crippen LogP contribution in [0.3, 0.4) is 0 Å². The van der Waals surface area contributed by atoms with Crippen LogP contribution in [0.4, 0.5) is 11.4 Å². The number of methoxy groups -OCH3 is 1. The molecule has 1 aromatic carbocycles. The predicted molar refractivity (Wildman–Crippen MR) is 69.1 cm³/mol. The number of aliphatic hydroxyl groups excluding tert-OH is 1. The Morgan fingerprint density at radius 2 is 2.33 bits per heavy atom. The van der Waals surface area contributed by atoms with Crippen molar-refractivity contribution in [3.63, 3.8) is 0 Å². The van der Waals surface area contributed by atoms with Crippen LogP contribution in [0, 0.1) is 10.1 Å². The van der Waals surface area contributed by atoms with Gasteiger partial charge in [0.2, 0.25) is 0 Å². The molecule has 6 heteroatoms. The SMILES string of the molecule is C=CCN(CCO)c1cc(OC)ccc1[N+](=O)[O-]. The second-order valence-electron chi connectivity index (χ2n) is 3.57. The van der Waals surface area contributed by atoms with Crippen LogP contribution in [0.15, 0.2) is 30.9 Å². The highest BCUT2D eigenvalue weighted by Crippen LogP contribution is 2.31. The van der Waals surface area contributed by atoms with Crippen LogP contribution in [0.5, 0.6) is 5.75 Å². The zero-order valence-electron chi connectivity index (χ0n) is 10.2. The first-order valence-corrected chi connectivity index (χ1v) is 5.43. The number of hydrogen-bond acceptors (Lipinski definition) is 5. The van der Waals surface area contributed by atoms with Gasteiger partial charge in [0, 0.05) is 25.2 Å². The van der Waals surface area contributed by atoms with Gasteiger partial charge in [-0.05, 0) is 6.07 Å². The van der Waals surface area contributed by atoms with E-state index >= 15 is 0 Å². The lowest BCUT2D eigenvalue weighted by atomic mass is 10.2. The number of hydrogen-bond donors (Lipinski definition) is 1. The van der Waals surface area contributed by atoms with E-state index in [9.17, 15) is 10.1 Å². The molecule has 6 nitrogen and oxygen atoms in total. The maximum absolute atomic E-state index is 11.0. The van der Waals surface area contributed by atoms with Crippen LogP contribution >= 0.6 is 0 Å². The fourth-order valence-electron chi connectivity index (χ4n) is 1.62. The summed E-state index contributed by atoms with van der Waals surface area (Å²) in [6.45, 7) is 4.21. The predicted octanol–water partition coefficient (Wildman–Crippen LogP) is 1.59. The Morgan fingerprint density at radius 1 is 1.61 bits per heavy atom. The molecule has 98 valence electrons. The van der Waals surface area contributed by atoms with Crippen molar-refractivity contribution in [2.45, 2.75) is 0 Å². The van der Waals surface area contributed by atoms with Crippen molar-refractivity contribution in [1.82, 2.24) is 0 Å². The molecule has 1 N–H and O–H groups in total. The van der Waals surface area contributed by atoms with Gasteiger partial charge in [-0.3, -0.25) is 10.1 Å². The summed E-state index contributed by atoms with van der Waals surface area (Å²) in [5.74, 6) is 0.530. The summed E-state index contributed by atoms with van der Waals surface area (Å²) >= 11 is 0. The molecule has 0 radical (unpaired) electrons. The summed E-state index contributed by atoms with van der Waals surface area (Å²) in [7, 11) is 1.49. The van der Waals surface area contributed by atoms with Gasteiger partial charge in [-0.2, -0.15) is 0 Å². The molecular formula is C12H16N2O4. The Bertz CT molecular complexity index is 434. The molecule has 1 aromatic rings. The number of nitro groups is 1. The van der Waals surface area contributed by atoms with Crippen LogP contribution < -0.4 is 9.64 Å². The van der Waals surface area contributed by atoms with E-state index < -0.39 is 4.92 Å². The summed E-state index contributed by atoms with van der Waals surface area (Å²) in [6, 6.07) is 4.51. The fraction of sp³-hybridized carbons (Fsp3) is 0.333. The molecule has 0 atom stereocenters. The van der Waals surface area contributed by atoms with E-state index in [-0.39, 0.29) is 12.3 Å². The van der Waals surface area contributed by atoms with Crippen LogP contribution in [0.1, 0.15) is 0 Å². The maximum Gasteiger partial charge on any atom is 0.292 e. The van der Waals surface area contributed by atoms with Crippen LogP contribution in [-0.2, 0) is 0 Å². The highest BCUT2D eigenvalue weighted by molar-refractivity contribution is 5.66. The van der Waals surface area contributed by atoms with Gasteiger partial charge in [0.25, 0.3) is 5.69 Å². The van der Waals surface area contributed by atoms with Crippen molar-refractivity contribution in [3.8, 4) is 5.75 Å². The normalized spacial score (nSPS) is 9.89. The molecule has 0 bridgehead atoms. The molecule has 0 aromatic heterocycles. The standard InChI is InChI=1S/C12H16N2O4/c1-3-6-13(7-8-15)12-9-10(18-2)4-5-11(12)14(16)17/h3-5,9,15H,1,6-8H2,2H3. The summed E-state index contributed by atoms with van der Waals surface area (Å²) < 4.78 is 5.06. The highest BCUT2D eigenvalue weighted by atomic mass is 16.6. The van der Waals surface area contributed by atoms with E-state index in [1.807, 2.05) is 0 Å². The molecule has 0 saturated carbocycles. The quantitative estimate of drug-likeness (QED) is 0.453. The number of nitrogens with zero attached hydrogens (tertiary/aromatic N) is 2. The second-order valence-corrected chi connectivity index (χ2v) is 3.57. The van der Waals surface area contributed by atoms with E-state index in [0.717, 1.165) is 0 Å². The van der Waals surface area contributed by atoms with Gasteiger partial charge < -0.3 is 14.7 Å². The average Bonchev–Trinajstić information content (AvgIpc) is 2.37. The average molecular weight is 252 g/mol. The zero-order chi connectivity index (χ0) is 13.5. The van der Waals surface area contributed by atoms with Gasteiger partial charge in [0.15, 0.2) is 0 Å². The van der Waals surface area contributed by atoms with Gasteiger partial charge in [-0.15, -0.1) is 6.58 Å². The lowest BCUT2D eigenvalue weighted by molar-refractivity contribution is -0.384. The molecular weight excluding hydrogens is 236 g/mol. The Balaban J connectivity index is 3.22. The molecule has 18 heavy (non-hydrogen) atoms. The third-order valence-electron chi connectivity index (χ3n) is 2.44. The van der Waals surface area contributed by atoms with E-state index in [1.165, 1.54) is 19.2 Å². The monoisotopic (exact) mass is 252 g/mol. The minimum Gasteiger partial charge on any atom is -0.497 e. The van der Waals surface area contributed by atoms with Crippen LogP contribution in [0.2, 0.25) is 0 Å². The number of aliphatic hydroxyl groups is 1. The lowest BCUT2D eigenvalue weighted by Gasteiger charge is -2.22. The molecule has 0 heterocycles. The Kier molecular flexibility index (Phi) is 5.13. The number of nitro benzene ring substituents is 1. The Labute approximate surface area is 105 Å². The van der Waals surface area contributed by atoms with Gasteiger partial charge >= 0.3 is 0 Å². The molecule has 1 rings (SSSR count). The molecule has 0 saturated heterocycles. The zero-order valence-corrected chi connectivity index (χ0v) is 10.2. The Morgan fingerprint density at radius 3 is 2.83 bits per heavy atom. The minimum atomic E-state index is -0.456.